The number of rotatable bonds is 3. The van der Waals surface area contributed by atoms with E-state index in [1.54, 1.807) is 6.20 Å². The lowest BCUT2D eigenvalue weighted by Gasteiger charge is -2.55. The molecule has 3 aliphatic rings. The number of halogens is 1. The Bertz CT molecular complexity index is 640. The summed E-state index contributed by atoms with van der Waals surface area (Å²) in [4.78, 5) is 11.1. The zero-order valence-corrected chi connectivity index (χ0v) is 18.1. The number of fused-ring (bicyclic) bond motifs is 1. The summed E-state index contributed by atoms with van der Waals surface area (Å²) in [7, 11) is 1.86. The van der Waals surface area contributed by atoms with E-state index in [2.05, 4.69) is 34.0 Å². The first-order chi connectivity index (χ1) is 12.1. The molecule has 0 bridgehead atoms. The molecule has 3 heterocycles. The number of ether oxygens (including phenoxy) is 2. The molecule has 26 heavy (non-hydrogen) atoms. The van der Waals surface area contributed by atoms with Gasteiger partial charge in [0.2, 0.25) is 5.88 Å². The highest BCUT2D eigenvalue weighted by Gasteiger charge is 2.59. The molecular weight excluding hydrogens is 443 g/mol. The smallest absolute Gasteiger partial charge is 0.213 e. The zero-order valence-electron chi connectivity index (χ0n) is 15.7. The molecule has 4 atom stereocenters. The second-order valence-electron chi connectivity index (χ2n) is 7.88. The number of nitrogens with one attached hydrogen (secondary N) is 1. The van der Waals surface area contributed by atoms with Crippen LogP contribution in [0.1, 0.15) is 26.7 Å². The maximum atomic E-state index is 6.00. The van der Waals surface area contributed by atoms with Gasteiger partial charge in [-0.1, -0.05) is 19.9 Å². The molecule has 1 aromatic heterocycles. The van der Waals surface area contributed by atoms with Gasteiger partial charge in [-0.05, 0) is 12.5 Å². The first-order valence-electron chi connectivity index (χ1n) is 9.27. The normalized spacial score (nSPS) is 32.4. The second-order valence-corrected chi connectivity index (χ2v) is 7.88. The molecule has 1 N–H and O–H groups in total. The minimum atomic E-state index is 0. The molecule has 1 aliphatic carbocycles. The molecule has 1 saturated carbocycles. The summed E-state index contributed by atoms with van der Waals surface area (Å²) in [5, 5.41) is 3.72. The van der Waals surface area contributed by atoms with Crippen LogP contribution in [0.4, 0.5) is 0 Å². The molecule has 4 unspecified atom stereocenters. The molecular formula is C19H29IN4O2. The van der Waals surface area contributed by atoms with E-state index < -0.39 is 0 Å². The van der Waals surface area contributed by atoms with E-state index in [1.165, 1.54) is 0 Å². The van der Waals surface area contributed by atoms with Crippen molar-refractivity contribution in [2.75, 3.05) is 26.7 Å². The van der Waals surface area contributed by atoms with Crippen LogP contribution in [0.25, 0.3) is 0 Å². The number of aliphatic imine (C=N–C) groups is 1. The SMILES string of the molecule is CN=C(NC1C2CCOC2C1(C)C)N1CCC(Oc2ccccn2)C1.I. The first-order valence-corrected chi connectivity index (χ1v) is 9.27. The van der Waals surface area contributed by atoms with Gasteiger partial charge in [0.15, 0.2) is 5.96 Å². The van der Waals surface area contributed by atoms with Crippen molar-refractivity contribution in [1.82, 2.24) is 15.2 Å². The number of aromatic nitrogens is 1. The van der Waals surface area contributed by atoms with Crippen molar-refractivity contribution in [2.24, 2.45) is 16.3 Å². The Kier molecular flexibility index (Phi) is 5.96. The molecule has 2 aliphatic heterocycles. The van der Waals surface area contributed by atoms with Crippen molar-refractivity contribution in [3.63, 3.8) is 0 Å². The van der Waals surface area contributed by atoms with E-state index in [4.69, 9.17) is 9.47 Å². The highest BCUT2D eigenvalue weighted by atomic mass is 127. The number of nitrogens with zero attached hydrogens (tertiary/aromatic N) is 3. The number of likely N-dealkylation sites (tertiary alicyclic amines) is 1. The molecule has 0 spiro atoms. The largest absolute Gasteiger partial charge is 0.472 e. The minimum absolute atomic E-state index is 0. The molecule has 7 heteroatoms. The Morgan fingerprint density at radius 3 is 2.96 bits per heavy atom. The molecule has 1 aromatic rings. The summed E-state index contributed by atoms with van der Waals surface area (Å²) in [6.07, 6.45) is 4.45. The van der Waals surface area contributed by atoms with Crippen molar-refractivity contribution < 1.29 is 9.47 Å². The molecule has 2 saturated heterocycles. The summed E-state index contributed by atoms with van der Waals surface area (Å²) >= 11 is 0. The van der Waals surface area contributed by atoms with Crippen molar-refractivity contribution in [3.8, 4) is 5.88 Å². The van der Waals surface area contributed by atoms with Crippen molar-refractivity contribution >= 4 is 29.9 Å². The van der Waals surface area contributed by atoms with Gasteiger partial charge < -0.3 is 19.7 Å². The monoisotopic (exact) mass is 472 g/mol. The van der Waals surface area contributed by atoms with Gasteiger partial charge in [-0.2, -0.15) is 0 Å². The van der Waals surface area contributed by atoms with Gasteiger partial charge in [0.1, 0.15) is 6.10 Å². The fraction of sp³-hybridized carbons (Fsp3) is 0.684. The average molecular weight is 472 g/mol. The highest BCUT2D eigenvalue weighted by molar-refractivity contribution is 14.0. The van der Waals surface area contributed by atoms with Crippen LogP contribution in [0.15, 0.2) is 29.4 Å². The Labute approximate surface area is 172 Å². The predicted octanol–water partition coefficient (Wildman–Crippen LogP) is 2.54. The van der Waals surface area contributed by atoms with Gasteiger partial charge in [0, 0.05) is 56.3 Å². The lowest BCUT2D eigenvalue weighted by atomic mass is 9.57. The predicted molar refractivity (Wildman–Crippen MR) is 112 cm³/mol. The van der Waals surface area contributed by atoms with Crippen LogP contribution in [0.2, 0.25) is 0 Å². The van der Waals surface area contributed by atoms with Gasteiger partial charge >= 0.3 is 0 Å². The number of hydrogen-bond acceptors (Lipinski definition) is 4. The van der Waals surface area contributed by atoms with Crippen molar-refractivity contribution in [3.05, 3.63) is 24.4 Å². The van der Waals surface area contributed by atoms with Crippen LogP contribution in [-0.2, 0) is 4.74 Å². The minimum Gasteiger partial charge on any atom is -0.472 e. The fourth-order valence-corrected chi connectivity index (χ4v) is 4.66. The Morgan fingerprint density at radius 2 is 2.23 bits per heavy atom. The van der Waals surface area contributed by atoms with Crippen LogP contribution in [0.3, 0.4) is 0 Å². The Morgan fingerprint density at radius 1 is 1.38 bits per heavy atom. The third-order valence-electron chi connectivity index (χ3n) is 5.97. The molecule has 0 radical (unpaired) electrons. The number of hydrogen-bond donors (Lipinski definition) is 1. The topological polar surface area (TPSA) is 59.0 Å². The van der Waals surface area contributed by atoms with Gasteiger partial charge in [-0.3, -0.25) is 4.99 Å². The lowest BCUT2D eigenvalue weighted by Crippen LogP contribution is -2.68. The summed E-state index contributed by atoms with van der Waals surface area (Å²) in [5.74, 6) is 2.29. The van der Waals surface area contributed by atoms with Gasteiger partial charge in [-0.15, -0.1) is 24.0 Å². The molecule has 4 rings (SSSR count). The standard InChI is InChI=1S/C19H28N4O2.HI/c1-19(2)16(14-8-11-24-17(14)19)22-18(20-3)23-10-7-13(12-23)25-15-6-4-5-9-21-15;/h4-6,9,13-14,16-17H,7-8,10-12H2,1-3H3,(H,20,22);1H. The van der Waals surface area contributed by atoms with Crippen LogP contribution in [-0.4, -0.2) is 60.8 Å². The molecule has 0 aromatic carbocycles. The summed E-state index contributed by atoms with van der Waals surface area (Å²) in [5.41, 5.74) is 0.153. The van der Waals surface area contributed by atoms with Crippen LogP contribution < -0.4 is 10.1 Å². The fourth-order valence-electron chi connectivity index (χ4n) is 4.66. The van der Waals surface area contributed by atoms with E-state index >= 15 is 0 Å². The van der Waals surface area contributed by atoms with E-state index in [0.717, 1.165) is 38.5 Å². The molecule has 3 fully saturated rings. The van der Waals surface area contributed by atoms with Crippen LogP contribution in [0.5, 0.6) is 5.88 Å². The molecule has 0 amide bonds. The highest BCUT2D eigenvalue weighted by Crippen LogP contribution is 2.52. The van der Waals surface area contributed by atoms with E-state index in [0.29, 0.717) is 23.9 Å². The maximum absolute atomic E-state index is 6.00. The first kappa shape index (κ1) is 19.7. The summed E-state index contributed by atoms with van der Waals surface area (Å²) in [6.45, 7) is 7.27. The van der Waals surface area contributed by atoms with E-state index in [1.807, 2.05) is 25.2 Å². The van der Waals surface area contributed by atoms with Crippen LogP contribution >= 0.6 is 24.0 Å². The third-order valence-corrected chi connectivity index (χ3v) is 5.97. The maximum Gasteiger partial charge on any atom is 0.213 e. The zero-order chi connectivity index (χ0) is 17.4. The quantitative estimate of drug-likeness (QED) is 0.417. The lowest BCUT2D eigenvalue weighted by molar-refractivity contribution is -0.107. The van der Waals surface area contributed by atoms with Crippen molar-refractivity contribution in [2.45, 2.75) is 44.9 Å². The van der Waals surface area contributed by atoms with Crippen molar-refractivity contribution in [1.29, 1.82) is 0 Å². The molecule has 6 nitrogen and oxygen atoms in total. The van der Waals surface area contributed by atoms with E-state index in [9.17, 15) is 0 Å². The van der Waals surface area contributed by atoms with Gasteiger partial charge in [0.05, 0.1) is 12.6 Å². The number of pyridine rings is 1. The van der Waals surface area contributed by atoms with Crippen LogP contribution in [0, 0.1) is 11.3 Å². The summed E-state index contributed by atoms with van der Waals surface area (Å²) < 4.78 is 11.9. The summed E-state index contributed by atoms with van der Waals surface area (Å²) in [6, 6.07) is 6.19. The molecule has 144 valence electrons. The Balaban J connectivity index is 0.00000196. The Hall–Kier alpha value is -1.09. The van der Waals surface area contributed by atoms with Gasteiger partial charge in [-0.25, -0.2) is 4.98 Å². The third kappa shape index (κ3) is 3.52. The second kappa shape index (κ2) is 7.88. The number of guanidine groups is 1. The van der Waals surface area contributed by atoms with E-state index in [-0.39, 0.29) is 35.5 Å². The van der Waals surface area contributed by atoms with Gasteiger partial charge in [0.25, 0.3) is 0 Å². The average Bonchev–Trinajstić information content (AvgIpc) is 3.25.